The quantitative estimate of drug-likeness (QED) is 0.883. The molecule has 5 heteroatoms. The first kappa shape index (κ1) is 15.8. The van der Waals surface area contributed by atoms with Gasteiger partial charge in [-0.15, -0.1) is 0 Å². The van der Waals surface area contributed by atoms with Crippen LogP contribution in [0.4, 0.5) is 4.39 Å². The van der Waals surface area contributed by atoms with Crippen molar-refractivity contribution in [1.29, 1.82) is 0 Å². The molecule has 0 spiro atoms. The molecule has 0 radical (unpaired) electrons. The maximum absolute atomic E-state index is 14.2. The van der Waals surface area contributed by atoms with Crippen molar-refractivity contribution in [2.45, 2.75) is 6.04 Å². The second kappa shape index (κ2) is 6.91. The van der Waals surface area contributed by atoms with E-state index in [1.54, 1.807) is 26.3 Å². The molecule has 2 aromatic rings. The largest absolute Gasteiger partial charge is 0.496 e. The summed E-state index contributed by atoms with van der Waals surface area (Å²) in [5, 5.41) is 3.13. The van der Waals surface area contributed by atoms with Crippen molar-refractivity contribution < 1.29 is 13.9 Å². The molecule has 0 saturated carbocycles. The van der Waals surface area contributed by atoms with E-state index in [1.807, 2.05) is 18.2 Å². The normalized spacial score (nSPS) is 12.0. The third-order valence-corrected chi connectivity index (χ3v) is 3.94. The van der Waals surface area contributed by atoms with Gasteiger partial charge >= 0.3 is 0 Å². The molecule has 0 aliphatic carbocycles. The monoisotopic (exact) mass is 353 g/mol. The molecule has 3 nitrogen and oxygen atoms in total. The molecule has 21 heavy (non-hydrogen) atoms. The molecule has 1 unspecified atom stereocenters. The summed E-state index contributed by atoms with van der Waals surface area (Å²) in [6.07, 6.45) is 0. The molecule has 2 aromatic carbocycles. The topological polar surface area (TPSA) is 30.5 Å². The number of rotatable bonds is 5. The molecule has 112 valence electrons. The maximum Gasteiger partial charge on any atom is 0.133 e. The Morgan fingerprint density at radius 2 is 1.81 bits per heavy atom. The Morgan fingerprint density at radius 1 is 1.10 bits per heavy atom. The van der Waals surface area contributed by atoms with Gasteiger partial charge in [-0.05, 0) is 52.8 Å². The van der Waals surface area contributed by atoms with Crippen LogP contribution in [-0.4, -0.2) is 21.3 Å². The lowest BCUT2D eigenvalue weighted by atomic mass is 9.97. The first-order chi connectivity index (χ1) is 10.1. The van der Waals surface area contributed by atoms with E-state index in [2.05, 4.69) is 21.2 Å². The van der Waals surface area contributed by atoms with E-state index in [9.17, 15) is 4.39 Å². The standard InChI is InChI=1S/C16H17BrFNO2/c1-19-16(10-7-8-13(20-2)11(17)9-10)15-12(18)5-4-6-14(15)21-3/h4-9,16,19H,1-3H3. The Hall–Kier alpha value is -1.59. The van der Waals surface area contributed by atoms with Gasteiger partial charge in [0.1, 0.15) is 17.3 Å². The van der Waals surface area contributed by atoms with Gasteiger partial charge in [0.2, 0.25) is 0 Å². The average Bonchev–Trinajstić information content (AvgIpc) is 2.49. The average molecular weight is 354 g/mol. The van der Waals surface area contributed by atoms with Crippen LogP contribution in [-0.2, 0) is 0 Å². The molecule has 1 atom stereocenters. The van der Waals surface area contributed by atoms with E-state index < -0.39 is 0 Å². The highest BCUT2D eigenvalue weighted by molar-refractivity contribution is 9.10. The second-order valence-corrected chi connectivity index (χ2v) is 5.33. The molecular weight excluding hydrogens is 337 g/mol. The lowest BCUT2D eigenvalue weighted by molar-refractivity contribution is 0.398. The van der Waals surface area contributed by atoms with E-state index in [4.69, 9.17) is 9.47 Å². The molecule has 1 N–H and O–H groups in total. The Balaban J connectivity index is 2.52. The van der Waals surface area contributed by atoms with Crippen molar-refractivity contribution in [1.82, 2.24) is 5.32 Å². The molecule has 0 heterocycles. The van der Waals surface area contributed by atoms with E-state index >= 15 is 0 Å². The van der Waals surface area contributed by atoms with Gasteiger partial charge in [0.15, 0.2) is 0 Å². The number of halogens is 2. The molecular formula is C16H17BrFNO2. The van der Waals surface area contributed by atoms with Gasteiger partial charge < -0.3 is 14.8 Å². The molecule has 0 saturated heterocycles. The number of ether oxygens (including phenoxy) is 2. The summed E-state index contributed by atoms with van der Waals surface area (Å²) in [5.74, 6) is 0.941. The zero-order chi connectivity index (χ0) is 15.4. The van der Waals surface area contributed by atoms with Crippen LogP contribution < -0.4 is 14.8 Å². The fourth-order valence-electron chi connectivity index (χ4n) is 2.32. The smallest absolute Gasteiger partial charge is 0.133 e. The van der Waals surface area contributed by atoms with E-state index in [0.29, 0.717) is 11.3 Å². The van der Waals surface area contributed by atoms with Crippen LogP contribution in [0.2, 0.25) is 0 Å². The lowest BCUT2D eigenvalue weighted by Gasteiger charge is -2.21. The maximum atomic E-state index is 14.2. The number of hydrogen-bond acceptors (Lipinski definition) is 3. The fraction of sp³-hybridized carbons (Fsp3) is 0.250. The number of methoxy groups -OCH3 is 2. The van der Waals surface area contributed by atoms with Crippen LogP contribution in [0.1, 0.15) is 17.2 Å². The zero-order valence-electron chi connectivity index (χ0n) is 12.1. The Kier molecular flexibility index (Phi) is 5.20. The third kappa shape index (κ3) is 3.19. The Morgan fingerprint density at radius 3 is 2.38 bits per heavy atom. The predicted octanol–water partition coefficient (Wildman–Crippen LogP) is 3.91. The molecule has 0 aliphatic rings. The van der Waals surface area contributed by atoms with E-state index in [-0.39, 0.29) is 11.9 Å². The van der Waals surface area contributed by atoms with Crippen molar-refractivity contribution >= 4 is 15.9 Å². The number of hydrogen-bond donors (Lipinski definition) is 1. The SMILES string of the molecule is CNC(c1ccc(OC)c(Br)c1)c1c(F)cccc1OC. The van der Waals surface area contributed by atoms with E-state index in [1.165, 1.54) is 13.2 Å². The van der Waals surface area contributed by atoms with Crippen LogP contribution >= 0.6 is 15.9 Å². The molecule has 2 rings (SSSR count). The lowest BCUT2D eigenvalue weighted by Crippen LogP contribution is -2.20. The van der Waals surface area contributed by atoms with Crippen molar-refractivity contribution in [3.8, 4) is 11.5 Å². The highest BCUT2D eigenvalue weighted by Gasteiger charge is 2.21. The van der Waals surface area contributed by atoms with Crippen LogP contribution in [0.25, 0.3) is 0 Å². The van der Waals surface area contributed by atoms with Gasteiger partial charge in [-0.2, -0.15) is 0 Å². The van der Waals surface area contributed by atoms with Gasteiger partial charge in [0, 0.05) is 0 Å². The fourth-order valence-corrected chi connectivity index (χ4v) is 2.87. The van der Waals surface area contributed by atoms with Crippen molar-refractivity contribution in [2.24, 2.45) is 0 Å². The minimum atomic E-state index is -0.316. The second-order valence-electron chi connectivity index (χ2n) is 4.47. The zero-order valence-corrected chi connectivity index (χ0v) is 13.7. The highest BCUT2D eigenvalue weighted by atomic mass is 79.9. The van der Waals surface area contributed by atoms with Crippen molar-refractivity contribution in [2.75, 3.05) is 21.3 Å². The Bertz CT molecular complexity index is 634. The third-order valence-electron chi connectivity index (χ3n) is 3.32. The van der Waals surface area contributed by atoms with Gasteiger partial charge in [0.25, 0.3) is 0 Å². The number of nitrogens with one attached hydrogen (secondary N) is 1. The van der Waals surface area contributed by atoms with Crippen LogP contribution in [0.3, 0.4) is 0 Å². The van der Waals surface area contributed by atoms with Crippen molar-refractivity contribution in [3.05, 3.63) is 57.8 Å². The first-order valence-corrected chi connectivity index (χ1v) is 7.24. The van der Waals surface area contributed by atoms with Gasteiger partial charge in [0.05, 0.1) is 30.3 Å². The summed E-state index contributed by atoms with van der Waals surface area (Å²) in [4.78, 5) is 0. The molecule has 0 aromatic heterocycles. The minimum absolute atomic E-state index is 0.305. The number of benzene rings is 2. The summed E-state index contributed by atoms with van der Waals surface area (Å²) in [6.45, 7) is 0. The van der Waals surface area contributed by atoms with Gasteiger partial charge in [-0.3, -0.25) is 0 Å². The highest BCUT2D eigenvalue weighted by Crippen LogP contribution is 2.35. The minimum Gasteiger partial charge on any atom is -0.496 e. The molecule has 0 bridgehead atoms. The Labute approximate surface area is 132 Å². The summed E-state index contributed by atoms with van der Waals surface area (Å²) < 4.78 is 25.6. The van der Waals surface area contributed by atoms with Gasteiger partial charge in [-0.1, -0.05) is 12.1 Å². The predicted molar refractivity (Wildman–Crippen MR) is 84.5 cm³/mol. The van der Waals surface area contributed by atoms with Crippen LogP contribution in [0, 0.1) is 5.82 Å². The summed E-state index contributed by atoms with van der Waals surface area (Å²) in [7, 11) is 4.93. The molecule has 0 fully saturated rings. The summed E-state index contributed by atoms with van der Waals surface area (Å²) in [5.41, 5.74) is 1.40. The van der Waals surface area contributed by atoms with Crippen LogP contribution in [0.5, 0.6) is 11.5 Å². The first-order valence-electron chi connectivity index (χ1n) is 6.45. The van der Waals surface area contributed by atoms with Crippen LogP contribution in [0.15, 0.2) is 40.9 Å². The summed E-state index contributed by atoms with van der Waals surface area (Å²) in [6, 6.07) is 10.2. The molecule has 0 aliphatic heterocycles. The summed E-state index contributed by atoms with van der Waals surface area (Å²) >= 11 is 3.45. The molecule has 0 amide bonds. The van der Waals surface area contributed by atoms with Gasteiger partial charge in [-0.25, -0.2) is 4.39 Å². The van der Waals surface area contributed by atoms with E-state index in [0.717, 1.165) is 15.8 Å². The van der Waals surface area contributed by atoms with Crippen molar-refractivity contribution in [3.63, 3.8) is 0 Å².